The third-order valence-corrected chi connectivity index (χ3v) is 3.76. The maximum absolute atomic E-state index is 12.6. The van der Waals surface area contributed by atoms with E-state index in [0.717, 1.165) is 25.7 Å². The summed E-state index contributed by atoms with van der Waals surface area (Å²) < 4.78 is 26.8. The molecule has 4 nitrogen and oxygen atoms in total. The molecule has 0 unspecified atom stereocenters. The maximum atomic E-state index is 12.6. The Bertz CT molecular complexity index is 451. The van der Waals surface area contributed by atoms with Crippen molar-refractivity contribution in [2.24, 2.45) is 5.92 Å². The van der Waals surface area contributed by atoms with Gasteiger partial charge in [-0.1, -0.05) is 0 Å². The highest BCUT2D eigenvalue weighted by Gasteiger charge is 2.25. The van der Waals surface area contributed by atoms with Crippen LogP contribution in [0.2, 0.25) is 0 Å². The molecule has 106 valence electrons. The van der Waals surface area contributed by atoms with Gasteiger partial charge in [-0.15, -0.1) is 0 Å². The summed E-state index contributed by atoms with van der Waals surface area (Å²) in [6.45, 7) is 1.61. The van der Waals surface area contributed by atoms with E-state index in [1.807, 2.05) is 0 Å². The maximum Gasteiger partial charge on any atom is 0.284 e. The van der Waals surface area contributed by atoms with Crippen LogP contribution in [0, 0.1) is 5.92 Å². The van der Waals surface area contributed by atoms with Gasteiger partial charge < -0.3 is 10.5 Å². The van der Waals surface area contributed by atoms with E-state index in [-0.39, 0.29) is 23.2 Å². The Morgan fingerprint density at radius 2 is 2.11 bits per heavy atom. The van der Waals surface area contributed by atoms with Crippen LogP contribution >= 0.6 is 0 Å². The van der Waals surface area contributed by atoms with Crippen LogP contribution in [0.15, 0.2) is 6.20 Å². The van der Waals surface area contributed by atoms with Crippen LogP contribution in [0.1, 0.15) is 57.2 Å². The number of Topliss-reactive ketones (excluding diaryl/α,β-unsaturated/α-hetero) is 1. The molecule has 0 bridgehead atoms. The average molecular weight is 271 g/mol. The summed E-state index contributed by atoms with van der Waals surface area (Å²) >= 11 is 0. The molecular formula is C13H19F2N3O. The van der Waals surface area contributed by atoms with Gasteiger partial charge in [-0.2, -0.15) is 5.10 Å². The molecule has 1 aromatic rings. The third kappa shape index (κ3) is 3.30. The number of alkyl halides is 2. The SMILES string of the molecule is CC(=O)CC1CCC(n2cc(N)c(C(F)F)n2)CC1. The highest BCUT2D eigenvalue weighted by Crippen LogP contribution is 2.35. The molecule has 0 radical (unpaired) electrons. The van der Waals surface area contributed by atoms with Gasteiger partial charge in [0.1, 0.15) is 5.78 Å². The number of nitrogens with zero attached hydrogens (tertiary/aromatic N) is 2. The highest BCUT2D eigenvalue weighted by molar-refractivity contribution is 5.75. The van der Waals surface area contributed by atoms with Crippen molar-refractivity contribution in [3.05, 3.63) is 11.9 Å². The van der Waals surface area contributed by atoms with E-state index >= 15 is 0 Å². The van der Waals surface area contributed by atoms with Crippen LogP contribution in [0.3, 0.4) is 0 Å². The number of aromatic nitrogens is 2. The van der Waals surface area contributed by atoms with Gasteiger partial charge in [-0.3, -0.25) is 4.68 Å². The minimum absolute atomic E-state index is 0.0564. The predicted octanol–water partition coefficient (Wildman–Crippen LogP) is 3.11. The van der Waals surface area contributed by atoms with Gasteiger partial charge in [0.15, 0.2) is 5.69 Å². The first-order valence-corrected chi connectivity index (χ1v) is 6.59. The summed E-state index contributed by atoms with van der Waals surface area (Å²) in [5.41, 5.74) is 5.26. The molecule has 0 saturated heterocycles. The summed E-state index contributed by atoms with van der Waals surface area (Å²) in [7, 11) is 0. The Balaban J connectivity index is 1.98. The lowest BCUT2D eigenvalue weighted by molar-refractivity contribution is -0.118. The fourth-order valence-electron chi connectivity index (χ4n) is 2.80. The minimum atomic E-state index is -2.63. The van der Waals surface area contributed by atoms with Crippen molar-refractivity contribution in [3.8, 4) is 0 Å². The van der Waals surface area contributed by atoms with Crippen molar-refractivity contribution in [1.82, 2.24) is 9.78 Å². The fourth-order valence-corrected chi connectivity index (χ4v) is 2.80. The molecule has 1 aliphatic carbocycles. The molecular weight excluding hydrogens is 252 g/mol. The molecule has 2 N–H and O–H groups in total. The topological polar surface area (TPSA) is 60.9 Å². The first kappa shape index (κ1) is 14.0. The molecule has 0 spiro atoms. The van der Waals surface area contributed by atoms with E-state index in [0.29, 0.717) is 12.3 Å². The summed E-state index contributed by atoms with van der Waals surface area (Å²) in [5, 5.41) is 3.89. The number of nitrogens with two attached hydrogens (primary N) is 1. The first-order chi connectivity index (χ1) is 8.97. The Morgan fingerprint density at radius 3 is 2.58 bits per heavy atom. The van der Waals surface area contributed by atoms with E-state index in [2.05, 4.69) is 5.10 Å². The fraction of sp³-hybridized carbons (Fsp3) is 0.692. The molecule has 0 amide bonds. The van der Waals surface area contributed by atoms with E-state index in [9.17, 15) is 13.6 Å². The van der Waals surface area contributed by atoms with Gasteiger partial charge in [-0.25, -0.2) is 8.78 Å². The molecule has 2 rings (SSSR count). The summed E-state index contributed by atoms with van der Waals surface area (Å²) in [4.78, 5) is 11.1. The quantitative estimate of drug-likeness (QED) is 0.915. The van der Waals surface area contributed by atoms with Crippen LogP contribution in [0.5, 0.6) is 0 Å². The molecule has 1 saturated carbocycles. The van der Waals surface area contributed by atoms with Crippen molar-refractivity contribution in [2.75, 3.05) is 5.73 Å². The van der Waals surface area contributed by atoms with Crippen LogP contribution < -0.4 is 5.73 Å². The van der Waals surface area contributed by atoms with Gasteiger partial charge in [0, 0.05) is 12.6 Å². The number of rotatable bonds is 4. The van der Waals surface area contributed by atoms with Crippen molar-refractivity contribution in [3.63, 3.8) is 0 Å². The van der Waals surface area contributed by atoms with Crippen LogP contribution in [-0.4, -0.2) is 15.6 Å². The number of hydrogen-bond acceptors (Lipinski definition) is 3. The summed E-state index contributed by atoms with van der Waals surface area (Å²) in [6.07, 6.45) is 3.09. The Kier molecular flexibility index (Phi) is 4.17. The normalized spacial score (nSPS) is 23.8. The van der Waals surface area contributed by atoms with Crippen LogP contribution in [-0.2, 0) is 4.79 Å². The Hall–Kier alpha value is -1.46. The van der Waals surface area contributed by atoms with Crippen molar-refractivity contribution in [1.29, 1.82) is 0 Å². The van der Waals surface area contributed by atoms with Crippen LogP contribution in [0.25, 0.3) is 0 Å². The lowest BCUT2D eigenvalue weighted by Crippen LogP contribution is -2.20. The first-order valence-electron chi connectivity index (χ1n) is 6.59. The number of hydrogen-bond donors (Lipinski definition) is 1. The zero-order valence-corrected chi connectivity index (χ0v) is 11.0. The largest absolute Gasteiger partial charge is 0.396 e. The minimum Gasteiger partial charge on any atom is -0.396 e. The second-order valence-electron chi connectivity index (χ2n) is 5.33. The number of ketones is 1. The predicted molar refractivity (Wildman–Crippen MR) is 67.9 cm³/mol. The number of carbonyl (C=O) groups excluding carboxylic acids is 1. The second kappa shape index (κ2) is 5.67. The molecule has 19 heavy (non-hydrogen) atoms. The second-order valence-corrected chi connectivity index (χ2v) is 5.33. The number of anilines is 1. The van der Waals surface area contributed by atoms with E-state index in [1.54, 1.807) is 11.6 Å². The lowest BCUT2D eigenvalue weighted by atomic mass is 9.83. The van der Waals surface area contributed by atoms with Crippen LogP contribution in [0.4, 0.5) is 14.5 Å². The van der Waals surface area contributed by atoms with Crippen molar-refractivity contribution in [2.45, 2.75) is 51.5 Å². The molecule has 0 aliphatic heterocycles. The Labute approximate surface area is 111 Å². The average Bonchev–Trinajstić information content (AvgIpc) is 2.71. The number of carbonyl (C=O) groups is 1. The number of nitrogen functional groups attached to an aromatic ring is 1. The molecule has 0 aromatic carbocycles. The monoisotopic (exact) mass is 271 g/mol. The molecule has 0 atom stereocenters. The standard InChI is InChI=1S/C13H19F2N3O/c1-8(19)6-9-2-4-10(5-3-9)18-7-11(16)12(17-18)13(14)15/h7,9-10,13H,2-6,16H2,1H3. The summed E-state index contributed by atoms with van der Waals surface area (Å²) in [6, 6.07) is 0.123. The lowest BCUT2D eigenvalue weighted by Gasteiger charge is -2.28. The van der Waals surface area contributed by atoms with Crippen molar-refractivity contribution < 1.29 is 13.6 Å². The molecule has 1 aliphatic rings. The van der Waals surface area contributed by atoms with Gasteiger partial charge in [-0.05, 0) is 38.5 Å². The third-order valence-electron chi connectivity index (χ3n) is 3.76. The molecule has 1 fully saturated rings. The van der Waals surface area contributed by atoms with Gasteiger partial charge in [0.25, 0.3) is 6.43 Å². The molecule has 1 heterocycles. The smallest absolute Gasteiger partial charge is 0.284 e. The van der Waals surface area contributed by atoms with Gasteiger partial charge in [0.2, 0.25) is 0 Å². The molecule has 6 heteroatoms. The summed E-state index contributed by atoms with van der Waals surface area (Å²) in [5.74, 6) is 0.642. The Morgan fingerprint density at radius 1 is 1.47 bits per heavy atom. The van der Waals surface area contributed by atoms with Crippen molar-refractivity contribution >= 4 is 11.5 Å². The highest BCUT2D eigenvalue weighted by atomic mass is 19.3. The van der Waals surface area contributed by atoms with E-state index < -0.39 is 6.43 Å². The molecule has 1 aromatic heterocycles. The zero-order chi connectivity index (χ0) is 14.0. The number of halogens is 2. The van der Waals surface area contributed by atoms with Gasteiger partial charge >= 0.3 is 0 Å². The zero-order valence-electron chi connectivity index (χ0n) is 11.0. The van der Waals surface area contributed by atoms with Gasteiger partial charge in [0.05, 0.1) is 11.7 Å². The van der Waals surface area contributed by atoms with E-state index in [1.165, 1.54) is 6.20 Å². The van der Waals surface area contributed by atoms with E-state index in [4.69, 9.17) is 5.73 Å².